The molecule has 76 valence electrons. The number of rotatable bonds is 1. The average Bonchev–Trinajstić information content (AvgIpc) is 2.69. The lowest BCUT2D eigenvalue weighted by molar-refractivity contribution is 0.0757. The number of aromatic amines is 1. The number of aromatic nitrogens is 3. The molecule has 0 spiro atoms. The predicted octanol–water partition coefficient (Wildman–Crippen LogP) is 0.382. The monoisotopic (exact) mass is 212 g/mol. The molecule has 2 rings (SSSR count). The summed E-state index contributed by atoms with van der Waals surface area (Å²) in [6.45, 7) is 3.74. The van der Waals surface area contributed by atoms with Crippen LogP contribution in [0.3, 0.4) is 0 Å². The number of amides is 1. The fourth-order valence-electron chi connectivity index (χ4n) is 1.47. The average molecular weight is 212 g/mol. The summed E-state index contributed by atoms with van der Waals surface area (Å²) < 4.78 is 0. The van der Waals surface area contributed by atoms with Gasteiger partial charge >= 0.3 is 0 Å². The van der Waals surface area contributed by atoms with Crippen molar-refractivity contribution in [1.29, 1.82) is 0 Å². The van der Waals surface area contributed by atoms with Crippen LogP contribution in [0.2, 0.25) is 0 Å². The molecule has 5 nitrogen and oxygen atoms in total. The topological polar surface area (TPSA) is 61.9 Å². The third kappa shape index (κ3) is 1.89. The van der Waals surface area contributed by atoms with Crippen molar-refractivity contribution >= 4 is 17.7 Å². The standard InChI is InChI=1S/C8H12N4OS/c1-6-5-12(2-3-14-6)8(13)7-4-9-11-10-7/h4,6H,2-3,5H2,1H3,(H,9,10,11). The first-order valence-electron chi connectivity index (χ1n) is 4.54. The molecule has 1 atom stereocenters. The Morgan fingerprint density at radius 1 is 1.79 bits per heavy atom. The normalized spacial score (nSPS) is 22.4. The van der Waals surface area contributed by atoms with Crippen LogP contribution in [-0.4, -0.2) is 50.3 Å². The minimum absolute atomic E-state index is 0.0223. The van der Waals surface area contributed by atoms with E-state index in [1.165, 1.54) is 6.20 Å². The molecule has 1 saturated heterocycles. The number of thioether (sulfide) groups is 1. The minimum atomic E-state index is -0.0223. The van der Waals surface area contributed by atoms with E-state index >= 15 is 0 Å². The third-order valence-corrected chi connectivity index (χ3v) is 3.30. The zero-order valence-corrected chi connectivity index (χ0v) is 8.75. The first-order chi connectivity index (χ1) is 6.77. The van der Waals surface area contributed by atoms with Gasteiger partial charge < -0.3 is 4.90 Å². The van der Waals surface area contributed by atoms with Crippen molar-refractivity contribution in [3.63, 3.8) is 0 Å². The Labute approximate surface area is 86.2 Å². The quantitative estimate of drug-likeness (QED) is 0.731. The Bertz CT molecular complexity index is 313. The van der Waals surface area contributed by atoms with E-state index in [1.807, 2.05) is 16.7 Å². The van der Waals surface area contributed by atoms with E-state index in [2.05, 4.69) is 22.3 Å². The number of hydrogen-bond donors (Lipinski definition) is 1. The summed E-state index contributed by atoms with van der Waals surface area (Å²) in [5.74, 6) is 0.982. The molecule has 1 fully saturated rings. The molecule has 2 heterocycles. The highest BCUT2D eigenvalue weighted by atomic mass is 32.2. The molecule has 0 saturated carbocycles. The second-order valence-corrected chi connectivity index (χ2v) is 4.83. The highest BCUT2D eigenvalue weighted by molar-refractivity contribution is 7.99. The van der Waals surface area contributed by atoms with Crippen LogP contribution in [0.15, 0.2) is 6.20 Å². The van der Waals surface area contributed by atoms with Crippen LogP contribution in [-0.2, 0) is 0 Å². The number of carbonyl (C=O) groups excluding carboxylic acids is 1. The predicted molar refractivity (Wildman–Crippen MR) is 54.2 cm³/mol. The largest absolute Gasteiger partial charge is 0.335 e. The van der Waals surface area contributed by atoms with Gasteiger partial charge in [-0.2, -0.15) is 27.2 Å². The molecule has 6 heteroatoms. The molecule has 0 aromatic carbocycles. The first kappa shape index (κ1) is 9.51. The van der Waals surface area contributed by atoms with Crippen LogP contribution in [0, 0.1) is 0 Å². The zero-order valence-electron chi connectivity index (χ0n) is 7.93. The van der Waals surface area contributed by atoms with Gasteiger partial charge in [-0.3, -0.25) is 4.79 Å². The summed E-state index contributed by atoms with van der Waals surface area (Å²) in [6.07, 6.45) is 1.47. The van der Waals surface area contributed by atoms with E-state index in [0.717, 1.165) is 18.8 Å². The Kier molecular flexibility index (Phi) is 2.72. The van der Waals surface area contributed by atoms with Crippen molar-refractivity contribution < 1.29 is 4.79 Å². The van der Waals surface area contributed by atoms with Crippen molar-refractivity contribution in [3.8, 4) is 0 Å². The van der Waals surface area contributed by atoms with Crippen molar-refractivity contribution in [1.82, 2.24) is 20.3 Å². The summed E-state index contributed by atoms with van der Waals surface area (Å²) >= 11 is 1.90. The van der Waals surface area contributed by atoms with E-state index in [0.29, 0.717) is 10.9 Å². The Balaban J connectivity index is 2.04. The van der Waals surface area contributed by atoms with E-state index < -0.39 is 0 Å². The van der Waals surface area contributed by atoms with Crippen LogP contribution in [0.1, 0.15) is 17.4 Å². The van der Waals surface area contributed by atoms with Gasteiger partial charge in [0, 0.05) is 24.1 Å². The fourth-order valence-corrected chi connectivity index (χ4v) is 2.48. The summed E-state index contributed by atoms with van der Waals surface area (Å²) in [5, 5.41) is 10.4. The SMILES string of the molecule is CC1CN(C(=O)c2cn[nH]n2)CCS1. The summed E-state index contributed by atoms with van der Waals surface area (Å²) in [7, 11) is 0. The maximum Gasteiger partial charge on any atom is 0.276 e. The van der Waals surface area contributed by atoms with Gasteiger partial charge in [0.1, 0.15) is 0 Å². The molecule has 1 unspecified atom stereocenters. The van der Waals surface area contributed by atoms with Crippen molar-refractivity contribution in [2.45, 2.75) is 12.2 Å². The Morgan fingerprint density at radius 3 is 3.29 bits per heavy atom. The molecule has 0 bridgehead atoms. The van der Waals surface area contributed by atoms with Gasteiger partial charge in [0.05, 0.1) is 6.20 Å². The molecule has 14 heavy (non-hydrogen) atoms. The molecular formula is C8H12N4OS. The van der Waals surface area contributed by atoms with E-state index in [4.69, 9.17) is 0 Å². The molecular weight excluding hydrogens is 200 g/mol. The Hall–Kier alpha value is -1.04. The maximum absolute atomic E-state index is 11.8. The number of hydrogen-bond acceptors (Lipinski definition) is 4. The molecule has 1 aliphatic heterocycles. The minimum Gasteiger partial charge on any atom is -0.335 e. The number of nitrogens with zero attached hydrogens (tertiary/aromatic N) is 3. The van der Waals surface area contributed by atoms with Crippen LogP contribution >= 0.6 is 11.8 Å². The van der Waals surface area contributed by atoms with Gasteiger partial charge in [0.2, 0.25) is 0 Å². The van der Waals surface area contributed by atoms with Crippen molar-refractivity contribution in [2.75, 3.05) is 18.8 Å². The molecule has 1 N–H and O–H groups in total. The third-order valence-electron chi connectivity index (χ3n) is 2.16. The van der Waals surface area contributed by atoms with Crippen LogP contribution < -0.4 is 0 Å². The van der Waals surface area contributed by atoms with Crippen molar-refractivity contribution in [2.24, 2.45) is 0 Å². The van der Waals surface area contributed by atoms with Gasteiger partial charge in [-0.15, -0.1) is 0 Å². The molecule has 1 aliphatic rings. The number of nitrogens with one attached hydrogen (secondary N) is 1. The van der Waals surface area contributed by atoms with Crippen LogP contribution in [0.4, 0.5) is 0 Å². The summed E-state index contributed by atoms with van der Waals surface area (Å²) in [4.78, 5) is 13.6. The van der Waals surface area contributed by atoms with Gasteiger partial charge in [0.25, 0.3) is 5.91 Å². The zero-order chi connectivity index (χ0) is 9.97. The molecule has 1 aromatic rings. The highest BCUT2D eigenvalue weighted by Gasteiger charge is 2.23. The lowest BCUT2D eigenvalue weighted by atomic mass is 10.3. The summed E-state index contributed by atoms with van der Waals surface area (Å²) in [5.41, 5.74) is 0.407. The van der Waals surface area contributed by atoms with Gasteiger partial charge in [-0.25, -0.2) is 0 Å². The van der Waals surface area contributed by atoms with E-state index in [9.17, 15) is 4.79 Å². The fraction of sp³-hybridized carbons (Fsp3) is 0.625. The number of carbonyl (C=O) groups is 1. The Morgan fingerprint density at radius 2 is 2.64 bits per heavy atom. The maximum atomic E-state index is 11.8. The molecule has 1 amide bonds. The van der Waals surface area contributed by atoms with Crippen molar-refractivity contribution in [3.05, 3.63) is 11.9 Å². The lowest BCUT2D eigenvalue weighted by Gasteiger charge is -2.29. The number of H-pyrrole nitrogens is 1. The molecule has 0 radical (unpaired) electrons. The molecule has 1 aromatic heterocycles. The van der Waals surface area contributed by atoms with Gasteiger partial charge in [-0.05, 0) is 0 Å². The smallest absolute Gasteiger partial charge is 0.276 e. The van der Waals surface area contributed by atoms with Crippen LogP contribution in [0.25, 0.3) is 0 Å². The second-order valence-electron chi connectivity index (χ2n) is 3.29. The lowest BCUT2D eigenvalue weighted by Crippen LogP contribution is -2.41. The van der Waals surface area contributed by atoms with Gasteiger partial charge in [-0.1, -0.05) is 6.92 Å². The van der Waals surface area contributed by atoms with Crippen LogP contribution in [0.5, 0.6) is 0 Å². The second kappa shape index (κ2) is 4.00. The molecule has 0 aliphatic carbocycles. The van der Waals surface area contributed by atoms with E-state index in [-0.39, 0.29) is 5.91 Å². The van der Waals surface area contributed by atoms with E-state index in [1.54, 1.807) is 0 Å². The first-order valence-corrected chi connectivity index (χ1v) is 5.59. The highest BCUT2D eigenvalue weighted by Crippen LogP contribution is 2.18. The summed E-state index contributed by atoms with van der Waals surface area (Å²) in [6, 6.07) is 0. The van der Waals surface area contributed by atoms with Gasteiger partial charge in [0.15, 0.2) is 5.69 Å².